The number of aliphatic hydroxyl groups is 1. The summed E-state index contributed by atoms with van der Waals surface area (Å²) in [6.07, 6.45) is 2.24. The van der Waals surface area contributed by atoms with Gasteiger partial charge in [-0.3, -0.25) is 0 Å². The van der Waals surface area contributed by atoms with Crippen LogP contribution in [0.2, 0.25) is 0 Å². The highest BCUT2D eigenvalue weighted by Gasteiger charge is 2.45. The lowest BCUT2D eigenvalue weighted by molar-refractivity contribution is -0.899. The zero-order valence-electron chi connectivity index (χ0n) is 13.6. The van der Waals surface area contributed by atoms with Gasteiger partial charge in [0.1, 0.15) is 5.60 Å². The minimum Gasteiger partial charge on any atom is -0.380 e. The van der Waals surface area contributed by atoms with Crippen LogP contribution in [0.3, 0.4) is 0 Å². The molecule has 0 radical (unpaired) electrons. The van der Waals surface area contributed by atoms with E-state index in [4.69, 9.17) is 0 Å². The van der Waals surface area contributed by atoms with E-state index in [0.717, 1.165) is 28.6 Å². The average molecular weight is 296 g/mol. The minimum absolute atomic E-state index is 0.237. The van der Waals surface area contributed by atoms with Crippen LogP contribution in [0, 0.1) is 5.92 Å². The monoisotopic (exact) mass is 296 g/mol. The molecule has 3 rings (SSSR count). The number of likely N-dealkylation sites (tertiary alicyclic amines) is 1. The number of piperidine rings is 1. The largest absolute Gasteiger partial charge is 0.380 e. The van der Waals surface area contributed by atoms with Crippen LogP contribution >= 0.6 is 0 Å². The third kappa shape index (κ3) is 2.81. The predicted molar refractivity (Wildman–Crippen MR) is 90.4 cm³/mol. The molecule has 2 aromatic carbocycles. The van der Waals surface area contributed by atoms with Crippen molar-refractivity contribution in [3.63, 3.8) is 0 Å². The van der Waals surface area contributed by atoms with Crippen molar-refractivity contribution >= 4 is 0 Å². The fourth-order valence-electron chi connectivity index (χ4n) is 3.91. The van der Waals surface area contributed by atoms with Crippen molar-refractivity contribution in [2.45, 2.75) is 18.4 Å². The van der Waals surface area contributed by atoms with Crippen LogP contribution in [0.15, 0.2) is 60.7 Å². The van der Waals surface area contributed by atoms with E-state index in [1.165, 1.54) is 13.0 Å². The van der Waals surface area contributed by atoms with Gasteiger partial charge < -0.3 is 9.59 Å². The van der Waals surface area contributed by atoms with Crippen LogP contribution in [-0.2, 0) is 5.60 Å². The summed E-state index contributed by atoms with van der Waals surface area (Å²) in [5.41, 5.74) is 1.11. The van der Waals surface area contributed by atoms with Crippen molar-refractivity contribution in [2.75, 3.05) is 27.2 Å². The first-order valence-electron chi connectivity index (χ1n) is 8.18. The van der Waals surface area contributed by atoms with Crippen LogP contribution in [0.4, 0.5) is 0 Å². The third-order valence-electron chi connectivity index (χ3n) is 5.05. The van der Waals surface area contributed by atoms with Gasteiger partial charge in [-0.05, 0) is 24.0 Å². The third-order valence-corrected chi connectivity index (χ3v) is 5.05. The average Bonchev–Trinajstić information content (AvgIpc) is 2.55. The molecule has 0 aliphatic carbocycles. The van der Waals surface area contributed by atoms with Gasteiger partial charge in [0.05, 0.1) is 27.2 Å². The van der Waals surface area contributed by atoms with E-state index >= 15 is 0 Å². The molecule has 0 aromatic heterocycles. The van der Waals surface area contributed by atoms with E-state index in [2.05, 4.69) is 38.4 Å². The first-order chi connectivity index (χ1) is 10.5. The molecule has 2 aromatic rings. The Morgan fingerprint density at radius 2 is 1.41 bits per heavy atom. The van der Waals surface area contributed by atoms with Gasteiger partial charge in [-0.15, -0.1) is 0 Å². The van der Waals surface area contributed by atoms with E-state index < -0.39 is 5.60 Å². The van der Waals surface area contributed by atoms with Gasteiger partial charge in [0.2, 0.25) is 0 Å². The van der Waals surface area contributed by atoms with Crippen LogP contribution < -0.4 is 0 Å². The molecule has 1 heterocycles. The van der Waals surface area contributed by atoms with Gasteiger partial charge in [-0.25, -0.2) is 0 Å². The van der Waals surface area contributed by atoms with Gasteiger partial charge in [0.15, 0.2) is 0 Å². The first-order valence-corrected chi connectivity index (χ1v) is 8.18. The summed E-state index contributed by atoms with van der Waals surface area (Å²) in [5, 5.41) is 11.8. The molecule has 1 fully saturated rings. The van der Waals surface area contributed by atoms with Gasteiger partial charge in [0, 0.05) is 5.92 Å². The Hall–Kier alpha value is -1.64. The second-order valence-electron chi connectivity index (χ2n) is 7.18. The van der Waals surface area contributed by atoms with Crippen molar-refractivity contribution in [3.8, 4) is 0 Å². The molecule has 116 valence electrons. The summed E-state index contributed by atoms with van der Waals surface area (Å²) >= 11 is 0. The lowest BCUT2D eigenvalue weighted by atomic mass is 9.72. The summed E-state index contributed by atoms with van der Waals surface area (Å²) in [4.78, 5) is 0. The Labute approximate surface area is 133 Å². The Morgan fingerprint density at radius 1 is 0.909 bits per heavy atom. The SMILES string of the molecule is C[N+]1(C)CCCC(C(O)(c2ccccc2)c2ccccc2)C1. The lowest BCUT2D eigenvalue weighted by Crippen LogP contribution is -2.53. The number of rotatable bonds is 3. The molecule has 2 nitrogen and oxygen atoms in total. The molecule has 1 atom stereocenters. The maximum atomic E-state index is 11.8. The van der Waals surface area contributed by atoms with Gasteiger partial charge in [0.25, 0.3) is 0 Å². The molecule has 1 unspecified atom stereocenters. The molecular weight excluding hydrogens is 270 g/mol. The normalized spacial score (nSPS) is 21.5. The molecule has 0 bridgehead atoms. The first kappa shape index (κ1) is 15.3. The summed E-state index contributed by atoms with van der Waals surface area (Å²) < 4.78 is 0.979. The summed E-state index contributed by atoms with van der Waals surface area (Å²) in [6.45, 7) is 2.19. The van der Waals surface area contributed by atoms with Gasteiger partial charge in [-0.2, -0.15) is 0 Å². The smallest absolute Gasteiger partial charge is 0.123 e. The highest BCUT2D eigenvalue weighted by atomic mass is 16.3. The topological polar surface area (TPSA) is 20.2 Å². The Bertz CT molecular complexity index is 567. The highest BCUT2D eigenvalue weighted by molar-refractivity contribution is 5.37. The summed E-state index contributed by atoms with van der Waals surface area (Å²) in [6, 6.07) is 20.3. The zero-order valence-corrected chi connectivity index (χ0v) is 13.6. The van der Waals surface area contributed by atoms with Crippen LogP contribution in [0.25, 0.3) is 0 Å². The molecule has 1 saturated heterocycles. The van der Waals surface area contributed by atoms with E-state index in [0.29, 0.717) is 0 Å². The molecule has 2 heteroatoms. The number of benzene rings is 2. The second kappa shape index (κ2) is 5.86. The van der Waals surface area contributed by atoms with Crippen molar-refractivity contribution in [3.05, 3.63) is 71.8 Å². The molecule has 1 aliphatic rings. The Kier molecular flexibility index (Phi) is 4.07. The zero-order chi connectivity index (χ0) is 15.6. The maximum absolute atomic E-state index is 11.8. The molecule has 0 saturated carbocycles. The van der Waals surface area contributed by atoms with E-state index in [1.807, 2.05) is 36.4 Å². The van der Waals surface area contributed by atoms with E-state index in [9.17, 15) is 5.11 Å². The Balaban J connectivity index is 2.08. The second-order valence-corrected chi connectivity index (χ2v) is 7.18. The lowest BCUT2D eigenvalue weighted by Gasteiger charge is -2.45. The molecular formula is C20H26NO+. The van der Waals surface area contributed by atoms with Crippen molar-refractivity contribution < 1.29 is 9.59 Å². The molecule has 1 N–H and O–H groups in total. The van der Waals surface area contributed by atoms with Crippen molar-refractivity contribution in [1.29, 1.82) is 0 Å². The van der Waals surface area contributed by atoms with E-state index in [1.54, 1.807) is 0 Å². The Morgan fingerprint density at radius 3 is 1.86 bits per heavy atom. The van der Waals surface area contributed by atoms with Gasteiger partial charge in [-0.1, -0.05) is 60.7 Å². The fraction of sp³-hybridized carbons (Fsp3) is 0.400. The van der Waals surface area contributed by atoms with Gasteiger partial charge >= 0.3 is 0 Å². The summed E-state index contributed by atoms with van der Waals surface area (Å²) in [7, 11) is 4.53. The van der Waals surface area contributed by atoms with Crippen molar-refractivity contribution in [2.24, 2.45) is 5.92 Å². The standard InChI is InChI=1S/C20H26NO/c1-21(2)15-9-14-19(16-21)20(22,17-10-5-3-6-11-17)18-12-7-4-8-13-18/h3-8,10-13,19,22H,9,14-16H2,1-2H3/q+1. The number of quaternary nitrogens is 1. The highest BCUT2D eigenvalue weighted by Crippen LogP contribution is 2.41. The molecule has 0 amide bonds. The maximum Gasteiger partial charge on any atom is 0.123 e. The summed E-state index contributed by atoms with van der Waals surface area (Å²) in [5.74, 6) is 0.237. The van der Waals surface area contributed by atoms with Crippen LogP contribution in [0.5, 0.6) is 0 Å². The molecule has 0 spiro atoms. The quantitative estimate of drug-likeness (QED) is 0.861. The van der Waals surface area contributed by atoms with E-state index in [-0.39, 0.29) is 5.92 Å². The fourth-order valence-corrected chi connectivity index (χ4v) is 3.91. The van der Waals surface area contributed by atoms with Crippen LogP contribution in [-0.4, -0.2) is 36.8 Å². The predicted octanol–water partition coefficient (Wildman–Crippen LogP) is 3.41. The molecule has 1 aliphatic heterocycles. The minimum atomic E-state index is -0.904. The molecule has 22 heavy (non-hydrogen) atoms. The van der Waals surface area contributed by atoms with Crippen molar-refractivity contribution in [1.82, 2.24) is 0 Å². The number of nitrogens with zero attached hydrogens (tertiary/aromatic N) is 1. The number of hydrogen-bond donors (Lipinski definition) is 1. The number of hydrogen-bond acceptors (Lipinski definition) is 1. The van der Waals surface area contributed by atoms with Crippen LogP contribution in [0.1, 0.15) is 24.0 Å².